The van der Waals surface area contributed by atoms with Gasteiger partial charge in [-0.2, -0.15) is 0 Å². The number of carbonyl (C=O) groups excluding carboxylic acids is 3. The summed E-state index contributed by atoms with van der Waals surface area (Å²) in [6.45, 7) is 3.68. The van der Waals surface area contributed by atoms with Crippen LogP contribution in [0, 0.1) is 11.8 Å². The Kier molecular flexibility index (Phi) is 3.66. The molecular weight excluding hydrogens is 272 g/mol. The first-order valence-corrected chi connectivity index (χ1v) is 7.45. The van der Waals surface area contributed by atoms with E-state index in [2.05, 4.69) is 6.58 Å². The molecule has 0 amide bonds. The second-order valence-electron chi connectivity index (χ2n) is 5.89. The van der Waals surface area contributed by atoms with E-state index in [1.165, 1.54) is 0 Å². The molecule has 0 bridgehead atoms. The van der Waals surface area contributed by atoms with Crippen LogP contribution in [-0.2, 0) is 23.9 Å². The minimum absolute atomic E-state index is 0.0233. The van der Waals surface area contributed by atoms with Gasteiger partial charge in [-0.15, -0.1) is 0 Å². The van der Waals surface area contributed by atoms with Crippen molar-refractivity contribution in [3.8, 4) is 0 Å². The number of hydrogen-bond acceptors (Lipinski definition) is 5. The molecule has 3 aliphatic carbocycles. The van der Waals surface area contributed by atoms with Crippen LogP contribution >= 0.6 is 0 Å². The molecule has 5 nitrogen and oxygen atoms in total. The van der Waals surface area contributed by atoms with E-state index < -0.39 is 0 Å². The highest BCUT2D eigenvalue weighted by molar-refractivity contribution is 6.01. The van der Waals surface area contributed by atoms with Crippen molar-refractivity contribution >= 4 is 17.7 Å². The van der Waals surface area contributed by atoms with E-state index in [-0.39, 0.29) is 40.9 Å². The Morgan fingerprint density at radius 3 is 2.24 bits per heavy atom. The van der Waals surface area contributed by atoms with Crippen molar-refractivity contribution in [2.24, 2.45) is 11.8 Å². The Labute approximate surface area is 123 Å². The van der Waals surface area contributed by atoms with E-state index in [0.29, 0.717) is 25.0 Å². The van der Waals surface area contributed by atoms with Gasteiger partial charge in [0, 0.05) is 12.8 Å². The fourth-order valence-corrected chi connectivity index (χ4v) is 2.33. The van der Waals surface area contributed by atoms with Gasteiger partial charge < -0.3 is 9.47 Å². The summed E-state index contributed by atoms with van der Waals surface area (Å²) in [5.74, 6) is -0.589. The van der Waals surface area contributed by atoms with Gasteiger partial charge in [0.1, 0.15) is 11.5 Å². The molecule has 0 aliphatic heterocycles. The summed E-state index contributed by atoms with van der Waals surface area (Å²) in [4.78, 5) is 35.5. The van der Waals surface area contributed by atoms with Gasteiger partial charge in [0.05, 0.1) is 17.4 Å². The second kappa shape index (κ2) is 5.47. The maximum absolute atomic E-state index is 12.1. The monoisotopic (exact) mass is 290 g/mol. The standard InChI is InChI=1S/C16H18O5/c1-9(20-15(18)10-5-6-10)14-12(17)3-2-4-13(14)21-16(19)11-7-8-11/h10-11H,1-8H2. The molecule has 0 spiro atoms. The fourth-order valence-electron chi connectivity index (χ4n) is 2.33. The Morgan fingerprint density at radius 2 is 1.62 bits per heavy atom. The van der Waals surface area contributed by atoms with Gasteiger partial charge >= 0.3 is 11.9 Å². The quantitative estimate of drug-likeness (QED) is 0.574. The first-order chi connectivity index (χ1) is 10.1. The number of hydrogen-bond donors (Lipinski definition) is 0. The molecule has 3 aliphatic rings. The Balaban J connectivity index is 1.75. The number of ether oxygens (including phenoxy) is 2. The molecule has 0 saturated heterocycles. The van der Waals surface area contributed by atoms with Crippen LogP contribution in [0.1, 0.15) is 44.9 Å². The maximum atomic E-state index is 12.1. The molecule has 2 fully saturated rings. The predicted octanol–water partition coefficient (Wildman–Crippen LogP) is 2.41. The highest BCUT2D eigenvalue weighted by Crippen LogP contribution is 2.35. The SMILES string of the molecule is C=C(OC(=O)C1CC1)C1=C(OC(=O)C2CC2)CCCC1=O. The van der Waals surface area contributed by atoms with Gasteiger partial charge in [0.2, 0.25) is 0 Å². The maximum Gasteiger partial charge on any atom is 0.314 e. The summed E-state index contributed by atoms with van der Waals surface area (Å²) < 4.78 is 10.5. The van der Waals surface area contributed by atoms with Crippen molar-refractivity contribution in [1.82, 2.24) is 0 Å². The lowest BCUT2D eigenvalue weighted by atomic mass is 9.95. The average Bonchev–Trinajstić information content (AvgIpc) is 3.29. The lowest BCUT2D eigenvalue weighted by Gasteiger charge is -2.20. The minimum atomic E-state index is -0.348. The van der Waals surface area contributed by atoms with Crippen molar-refractivity contribution < 1.29 is 23.9 Å². The van der Waals surface area contributed by atoms with Crippen LogP contribution in [0.4, 0.5) is 0 Å². The van der Waals surface area contributed by atoms with Crippen LogP contribution in [0.3, 0.4) is 0 Å². The molecule has 0 unspecified atom stereocenters. The van der Waals surface area contributed by atoms with Gasteiger partial charge in [0.15, 0.2) is 5.78 Å². The summed E-state index contributed by atoms with van der Waals surface area (Å²) in [7, 11) is 0. The van der Waals surface area contributed by atoms with Crippen molar-refractivity contribution in [2.45, 2.75) is 44.9 Å². The van der Waals surface area contributed by atoms with Crippen LogP contribution in [0.15, 0.2) is 23.7 Å². The van der Waals surface area contributed by atoms with Crippen molar-refractivity contribution in [3.05, 3.63) is 23.7 Å². The molecule has 0 atom stereocenters. The third-order valence-electron chi connectivity index (χ3n) is 3.91. The smallest absolute Gasteiger partial charge is 0.314 e. The number of ketones is 1. The lowest BCUT2D eigenvalue weighted by Crippen LogP contribution is -2.20. The summed E-state index contributed by atoms with van der Waals surface area (Å²) in [6.07, 6.45) is 4.82. The van der Waals surface area contributed by atoms with Crippen LogP contribution in [-0.4, -0.2) is 17.7 Å². The molecule has 0 aromatic carbocycles. The van der Waals surface area contributed by atoms with Gasteiger partial charge in [-0.25, -0.2) is 0 Å². The Bertz CT molecular complexity index is 549. The third kappa shape index (κ3) is 3.23. The van der Waals surface area contributed by atoms with Crippen LogP contribution in [0.25, 0.3) is 0 Å². The molecule has 0 aromatic heterocycles. The third-order valence-corrected chi connectivity index (χ3v) is 3.91. The Morgan fingerprint density at radius 1 is 1.00 bits per heavy atom. The van der Waals surface area contributed by atoms with Crippen LogP contribution < -0.4 is 0 Å². The van der Waals surface area contributed by atoms with Gasteiger partial charge in [-0.3, -0.25) is 14.4 Å². The highest BCUT2D eigenvalue weighted by atomic mass is 16.6. The van der Waals surface area contributed by atoms with Crippen molar-refractivity contribution in [2.75, 3.05) is 0 Å². The molecule has 0 heterocycles. The first kappa shape index (κ1) is 14.0. The minimum Gasteiger partial charge on any atom is -0.430 e. The molecular formula is C16H18O5. The van der Waals surface area contributed by atoms with E-state index in [9.17, 15) is 14.4 Å². The summed E-state index contributed by atoms with van der Waals surface area (Å²) in [6, 6.07) is 0. The number of rotatable bonds is 5. The normalized spacial score (nSPS) is 22.0. The number of Topliss-reactive ketones (excluding diaryl/α,β-unsaturated/α-hetero) is 1. The van der Waals surface area contributed by atoms with Crippen LogP contribution in [0.2, 0.25) is 0 Å². The van der Waals surface area contributed by atoms with Crippen molar-refractivity contribution in [1.29, 1.82) is 0 Å². The predicted molar refractivity (Wildman–Crippen MR) is 72.7 cm³/mol. The number of allylic oxidation sites excluding steroid dienone is 2. The molecule has 21 heavy (non-hydrogen) atoms. The summed E-state index contributed by atoms with van der Waals surface area (Å²) in [5, 5.41) is 0. The fraction of sp³-hybridized carbons (Fsp3) is 0.562. The molecule has 5 heteroatoms. The Hall–Kier alpha value is -1.91. The highest BCUT2D eigenvalue weighted by Gasteiger charge is 2.36. The molecule has 0 N–H and O–H groups in total. The average molecular weight is 290 g/mol. The van der Waals surface area contributed by atoms with Gasteiger partial charge in [-0.05, 0) is 32.1 Å². The molecule has 0 aromatic rings. The first-order valence-electron chi connectivity index (χ1n) is 7.45. The van der Waals surface area contributed by atoms with Gasteiger partial charge in [0.25, 0.3) is 0 Å². The van der Waals surface area contributed by atoms with E-state index in [1.54, 1.807) is 0 Å². The van der Waals surface area contributed by atoms with Gasteiger partial charge in [-0.1, -0.05) is 6.58 Å². The zero-order valence-corrected chi connectivity index (χ0v) is 11.9. The molecule has 2 saturated carbocycles. The van der Waals surface area contributed by atoms with E-state index in [1.807, 2.05) is 0 Å². The number of esters is 2. The zero-order valence-electron chi connectivity index (χ0n) is 11.9. The number of carbonyl (C=O) groups is 3. The molecule has 0 radical (unpaired) electrons. The summed E-state index contributed by atoms with van der Waals surface area (Å²) >= 11 is 0. The summed E-state index contributed by atoms with van der Waals surface area (Å²) in [5.41, 5.74) is 0.184. The largest absolute Gasteiger partial charge is 0.430 e. The van der Waals surface area contributed by atoms with E-state index in [0.717, 1.165) is 25.7 Å². The molecule has 112 valence electrons. The van der Waals surface area contributed by atoms with Crippen LogP contribution in [0.5, 0.6) is 0 Å². The lowest BCUT2D eigenvalue weighted by molar-refractivity contribution is -0.141. The topological polar surface area (TPSA) is 69.7 Å². The zero-order chi connectivity index (χ0) is 15.0. The van der Waals surface area contributed by atoms with E-state index >= 15 is 0 Å². The van der Waals surface area contributed by atoms with Crippen molar-refractivity contribution in [3.63, 3.8) is 0 Å². The van der Waals surface area contributed by atoms with E-state index in [4.69, 9.17) is 9.47 Å². The molecule has 3 rings (SSSR count). The second-order valence-corrected chi connectivity index (χ2v) is 5.89.